The van der Waals surface area contributed by atoms with Gasteiger partial charge < -0.3 is 5.21 Å². The second kappa shape index (κ2) is 6.18. The fraction of sp³-hybridized carbons (Fsp3) is 0.294. The molecule has 3 rings (SSSR count). The Morgan fingerprint density at radius 2 is 1.60 bits per heavy atom. The van der Waals surface area contributed by atoms with Crippen molar-refractivity contribution >= 4 is 0 Å². The Morgan fingerprint density at radius 1 is 0.950 bits per heavy atom. The van der Waals surface area contributed by atoms with Crippen LogP contribution in [-0.4, -0.2) is 29.2 Å². The molecule has 2 atom stereocenters. The van der Waals surface area contributed by atoms with E-state index in [0.717, 1.165) is 19.6 Å². The van der Waals surface area contributed by atoms with Crippen LogP contribution in [0.25, 0.3) is 0 Å². The van der Waals surface area contributed by atoms with Gasteiger partial charge in [-0.3, -0.25) is 4.90 Å². The van der Waals surface area contributed by atoms with Gasteiger partial charge in [-0.05, 0) is 11.1 Å². The molecule has 0 unspecified atom stereocenters. The van der Waals surface area contributed by atoms with Crippen LogP contribution in [-0.2, 0) is 6.54 Å². The molecule has 0 aliphatic carbocycles. The number of nitrogens with one attached hydrogen (secondary N) is 1. The molecule has 3 heteroatoms. The third-order valence-electron chi connectivity index (χ3n) is 4.04. The molecule has 1 aliphatic heterocycles. The topological polar surface area (TPSA) is 35.5 Å². The quantitative estimate of drug-likeness (QED) is 0.837. The number of benzene rings is 2. The van der Waals surface area contributed by atoms with E-state index in [0.29, 0.717) is 5.92 Å². The summed E-state index contributed by atoms with van der Waals surface area (Å²) in [5.41, 5.74) is 5.09. The molecule has 2 N–H and O–H groups in total. The van der Waals surface area contributed by atoms with E-state index in [2.05, 4.69) is 58.9 Å². The standard InChI is InChI=1S/C17H20N2O/c20-18-17-13-19(11-14-7-3-1-4-8-14)12-16(17)15-9-5-2-6-10-15/h1-10,16-18,20H,11-13H2/t16-,17+/m1/s1. The maximum Gasteiger partial charge on any atom is 0.0527 e. The molecule has 1 aliphatic rings. The normalized spacial score (nSPS) is 23.1. The highest BCUT2D eigenvalue weighted by Crippen LogP contribution is 2.28. The van der Waals surface area contributed by atoms with Gasteiger partial charge in [-0.2, -0.15) is 0 Å². The Morgan fingerprint density at radius 3 is 2.25 bits per heavy atom. The molecule has 3 nitrogen and oxygen atoms in total. The van der Waals surface area contributed by atoms with E-state index in [-0.39, 0.29) is 6.04 Å². The monoisotopic (exact) mass is 268 g/mol. The van der Waals surface area contributed by atoms with Crippen LogP contribution in [0.1, 0.15) is 17.0 Å². The maximum atomic E-state index is 9.40. The van der Waals surface area contributed by atoms with Gasteiger partial charge in [-0.25, -0.2) is 5.48 Å². The van der Waals surface area contributed by atoms with Crippen LogP contribution < -0.4 is 5.48 Å². The average molecular weight is 268 g/mol. The summed E-state index contributed by atoms with van der Waals surface area (Å²) in [6.07, 6.45) is 0. The summed E-state index contributed by atoms with van der Waals surface area (Å²) < 4.78 is 0. The van der Waals surface area contributed by atoms with E-state index in [1.807, 2.05) is 12.1 Å². The molecule has 0 bridgehead atoms. The Labute approximate surface area is 119 Å². The van der Waals surface area contributed by atoms with E-state index in [4.69, 9.17) is 0 Å². The van der Waals surface area contributed by atoms with Crippen molar-refractivity contribution in [2.75, 3.05) is 13.1 Å². The second-order valence-electron chi connectivity index (χ2n) is 5.43. The van der Waals surface area contributed by atoms with Crippen molar-refractivity contribution in [3.05, 3.63) is 71.8 Å². The minimum Gasteiger partial charge on any atom is -0.316 e. The van der Waals surface area contributed by atoms with Gasteiger partial charge in [0.05, 0.1) is 6.04 Å². The lowest BCUT2D eigenvalue weighted by Gasteiger charge is -2.16. The number of nitrogens with zero attached hydrogens (tertiary/aromatic N) is 1. The lowest BCUT2D eigenvalue weighted by molar-refractivity contribution is 0.121. The zero-order valence-corrected chi connectivity index (χ0v) is 11.4. The predicted molar refractivity (Wildman–Crippen MR) is 79.6 cm³/mol. The fourth-order valence-electron chi connectivity index (χ4n) is 3.02. The van der Waals surface area contributed by atoms with E-state index >= 15 is 0 Å². The third kappa shape index (κ3) is 2.90. The molecule has 2 aromatic rings. The molecule has 0 aromatic heterocycles. The summed E-state index contributed by atoms with van der Waals surface area (Å²) in [5, 5.41) is 9.40. The molecule has 1 fully saturated rings. The Kier molecular flexibility index (Phi) is 4.11. The lowest BCUT2D eigenvalue weighted by atomic mass is 9.95. The van der Waals surface area contributed by atoms with Crippen LogP contribution in [0.5, 0.6) is 0 Å². The minimum atomic E-state index is 0.0983. The van der Waals surface area contributed by atoms with Gasteiger partial charge in [0.2, 0.25) is 0 Å². The van der Waals surface area contributed by atoms with Gasteiger partial charge in [0.1, 0.15) is 0 Å². The molecule has 20 heavy (non-hydrogen) atoms. The molecule has 2 aromatic carbocycles. The van der Waals surface area contributed by atoms with Crippen LogP contribution >= 0.6 is 0 Å². The minimum absolute atomic E-state index is 0.0983. The van der Waals surface area contributed by atoms with Crippen LogP contribution in [0.15, 0.2) is 60.7 Å². The summed E-state index contributed by atoms with van der Waals surface area (Å²) >= 11 is 0. The molecule has 1 saturated heterocycles. The van der Waals surface area contributed by atoms with E-state index < -0.39 is 0 Å². The van der Waals surface area contributed by atoms with E-state index in [1.165, 1.54) is 11.1 Å². The van der Waals surface area contributed by atoms with Crippen LogP contribution in [0, 0.1) is 0 Å². The number of hydroxylamine groups is 1. The van der Waals surface area contributed by atoms with Crippen molar-refractivity contribution in [1.29, 1.82) is 0 Å². The van der Waals surface area contributed by atoms with Crippen molar-refractivity contribution in [2.45, 2.75) is 18.5 Å². The molecule has 0 saturated carbocycles. The first kappa shape index (κ1) is 13.3. The smallest absolute Gasteiger partial charge is 0.0527 e. The van der Waals surface area contributed by atoms with Crippen LogP contribution in [0.3, 0.4) is 0 Å². The molecule has 0 spiro atoms. The Hall–Kier alpha value is -1.68. The molecule has 0 radical (unpaired) electrons. The van der Waals surface area contributed by atoms with Gasteiger partial charge in [0, 0.05) is 25.6 Å². The molecule has 104 valence electrons. The first-order valence-electron chi connectivity index (χ1n) is 7.07. The molecular formula is C17H20N2O. The van der Waals surface area contributed by atoms with Crippen molar-refractivity contribution in [3.63, 3.8) is 0 Å². The summed E-state index contributed by atoms with van der Waals surface area (Å²) in [5.74, 6) is 0.338. The van der Waals surface area contributed by atoms with Crippen molar-refractivity contribution in [2.24, 2.45) is 0 Å². The van der Waals surface area contributed by atoms with E-state index in [1.54, 1.807) is 0 Å². The second-order valence-corrected chi connectivity index (χ2v) is 5.43. The summed E-state index contributed by atoms with van der Waals surface area (Å²) in [7, 11) is 0. The highest BCUT2D eigenvalue weighted by atomic mass is 16.5. The zero-order chi connectivity index (χ0) is 13.8. The fourth-order valence-corrected chi connectivity index (χ4v) is 3.02. The largest absolute Gasteiger partial charge is 0.316 e. The van der Waals surface area contributed by atoms with Crippen molar-refractivity contribution < 1.29 is 5.21 Å². The highest BCUT2D eigenvalue weighted by Gasteiger charge is 2.33. The molecular weight excluding hydrogens is 248 g/mol. The highest BCUT2D eigenvalue weighted by molar-refractivity contribution is 5.24. The van der Waals surface area contributed by atoms with Crippen molar-refractivity contribution in [1.82, 2.24) is 10.4 Å². The van der Waals surface area contributed by atoms with Crippen LogP contribution in [0.4, 0.5) is 0 Å². The van der Waals surface area contributed by atoms with Crippen LogP contribution in [0.2, 0.25) is 0 Å². The number of hydrogen-bond acceptors (Lipinski definition) is 3. The first-order chi connectivity index (χ1) is 9.86. The summed E-state index contributed by atoms with van der Waals surface area (Å²) in [4.78, 5) is 2.39. The van der Waals surface area contributed by atoms with Gasteiger partial charge in [0.25, 0.3) is 0 Å². The van der Waals surface area contributed by atoms with Gasteiger partial charge in [-0.1, -0.05) is 60.7 Å². The molecule has 1 heterocycles. The van der Waals surface area contributed by atoms with Gasteiger partial charge >= 0.3 is 0 Å². The van der Waals surface area contributed by atoms with Gasteiger partial charge in [-0.15, -0.1) is 0 Å². The van der Waals surface area contributed by atoms with E-state index in [9.17, 15) is 5.21 Å². The zero-order valence-electron chi connectivity index (χ0n) is 11.4. The maximum absolute atomic E-state index is 9.40. The number of hydrogen-bond donors (Lipinski definition) is 2. The summed E-state index contributed by atoms with van der Waals surface area (Å²) in [6, 6.07) is 21.0. The SMILES string of the molecule is ON[C@H]1CN(Cc2ccccc2)C[C@@H]1c1ccccc1. The lowest BCUT2D eigenvalue weighted by Crippen LogP contribution is -2.32. The number of likely N-dealkylation sites (tertiary alicyclic amines) is 1. The van der Waals surface area contributed by atoms with Crippen molar-refractivity contribution in [3.8, 4) is 0 Å². The Balaban J connectivity index is 1.71. The first-order valence-corrected chi connectivity index (χ1v) is 7.07. The molecule has 0 amide bonds. The average Bonchev–Trinajstić information content (AvgIpc) is 2.92. The Bertz CT molecular complexity index is 529. The summed E-state index contributed by atoms with van der Waals surface area (Å²) in [6.45, 7) is 2.77. The van der Waals surface area contributed by atoms with Gasteiger partial charge in [0.15, 0.2) is 0 Å². The number of rotatable bonds is 4. The third-order valence-corrected chi connectivity index (χ3v) is 4.04. The predicted octanol–water partition coefficient (Wildman–Crippen LogP) is 2.63.